The van der Waals surface area contributed by atoms with Crippen LogP contribution in [0.4, 0.5) is 68.2 Å². The highest BCUT2D eigenvalue weighted by Crippen LogP contribution is 2.59. The summed E-state index contributed by atoms with van der Waals surface area (Å²) in [5.41, 5.74) is 35.2. The molecule has 12 nitrogen and oxygen atoms in total. The van der Waals surface area contributed by atoms with Gasteiger partial charge in [-0.1, -0.05) is 97.1 Å². The highest BCUT2D eigenvalue weighted by atomic mass is 15.2. The average Bonchev–Trinajstić information content (AvgIpc) is 0.693. The summed E-state index contributed by atoms with van der Waals surface area (Å²) in [5, 5.41) is 6.32. The molecule has 16 rings (SSSR count). The maximum absolute atomic E-state index is 5.47. The lowest BCUT2D eigenvalue weighted by Crippen LogP contribution is -2.21. The van der Waals surface area contributed by atoms with Crippen molar-refractivity contribution in [2.24, 2.45) is 0 Å². The van der Waals surface area contributed by atoms with Gasteiger partial charge in [-0.15, -0.1) is 0 Å². The van der Waals surface area contributed by atoms with Crippen LogP contribution in [0.5, 0.6) is 0 Å². The molecule has 8 heterocycles. The first kappa shape index (κ1) is 63.0. The minimum Gasteiger partial charge on any atom is -0.307 e. The van der Waals surface area contributed by atoms with Gasteiger partial charge in [0.1, 0.15) is 0 Å². The van der Waals surface area contributed by atoms with Crippen LogP contribution in [0.2, 0.25) is 0 Å². The Morgan fingerprint density at radius 3 is 0.620 bits per heavy atom. The maximum atomic E-state index is 5.47. The number of hydrogen-bond acceptors (Lipinski definition) is 12. The van der Waals surface area contributed by atoms with E-state index in [-0.39, 0.29) is 0 Å². The molecule has 0 amide bonds. The van der Waals surface area contributed by atoms with Crippen LogP contribution in [-0.2, 0) is 0 Å². The third kappa shape index (κ3) is 9.69. The summed E-state index contributed by atoms with van der Waals surface area (Å²) in [4.78, 5) is 52.4. The van der Waals surface area contributed by atoms with Crippen molar-refractivity contribution < 1.29 is 0 Å². The SMILES string of the molecule is Cc1cccc(C)c1N(c1c(C)nc2cccnc2c1C)c1cc(N(c2c(C)cccc2C)c2c(C)nc3cccnc3c2C)c2ccc3c(N(c4c(C)cccc4C)c4c(C)nc5cccnc5c4C)cc(N(c4c(C)cccc4C)c4c(C)nc5cccnc5c4C)c4ccc1c2c43. The van der Waals surface area contributed by atoms with E-state index in [2.05, 4.69) is 264 Å². The van der Waals surface area contributed by atoms with E-state index in [1.807, 2.05) is 49.1 Å². The maximum Gasteiger partial charge on any atom is 0.0936 e. The lowest BCUT2D eigenvalue weighted by atomic mass is 9.88. The highest BCUT2D eigenvalue weighted by molar-refractivity contribution is 6.33. The normalized spacial score (nSPS) is 11.8. The van der Waals surface area contributed by atoms with Gasteiger partial charge >= 0.3 is 0 Å². The van der Waals surface area contributed by atoms with Gasteiger partial charge in [0.05, 0.1) is 135 Å². The van der Waals surface area contributed by atoms with E-state index in [4.69, 9.17) is 39.9 Å². The number of nitrogens with zero attached hydrogens (tertiary/aromatic N) is 12. The number of para-hydroxylation sites is 4. The lowest BCUT2D eigenvalue weighted by Gasteiger charge is -2.38. The monoisotopic (exact) mass is 1300 g/mol. The standard InChI is InChI=1S/C88H78N12/c1-47-25-17-26-48(2)81(47)97(85-55(9)77-67(93-59(85)13)33-21-41-89-77)71-45-72(98(82-49(3)27-18-28-50(82)4)86-56(10)78-68(94-60(86)14)34-22-42-90-78)64-39-40-66-74(100(84-53(7)31-20-32-54(84)8)88-58(12)80-70(96-62(88)16)36-24-44-92-80)46-73(65-38-37-63(71)75(64)76(65)66)99(83-51(5)29-19-30-52(83)6)87-57(11)79-69(95-61(87)15)35-23-43-91-79/h17-46H,1-16H3. The molecule has 0 aliphatic heterocycles. The lowest BCUT2D eigenvalue weighted by molar-refractivity contribution is 1.12. The first-order valence-electron chi connectivity index (χ1n) is 34.4. The highest BCUT2D eigenvalue weighted by Gasteiger charge is 2.35. The Morgan fingerprint density at radius 1 is 0.220 bits per heavy atom. The van der Waals surface area contributed by atoms with Crippen LogP contribution in [0, 0.1) is 111 Å². The first-order chi connectivity index (χ1) is 48.3. The van der Waals surface area contributed by atoms with Crippen LogP contribution in [-0.4, -0.2) is 39.9 Å². The first-order valence-corrected chi connectivity index (χ1v) is 34.4. The molecule has 0 unspecified atom stereocenters. The minimum absolute atomic E-state index is 0.843. The van der Waals surface area contributed by atoms with Gasteiger partial charge in [-0.3, -0.25) is 19.9 Å². The molecule has 0 bridgehead atoms. The number of aryl methyl sites for hydroxylation is 16. The Balaban J connectivity index is 1.18. The van der Waals surface area contributed by atoms with E-state index in [1.54, 1.807) is 0 Å². The number of hydrogen-bond donors (Lipinski definition) is 0. The fourth-order valence-electron chi connectivity index (χ4n) is 16.6. The van der Waals surface area contributed by atoms with Crippen molar-refractivity contribution in [1.29, 1.82) is 0 Å². The average molecular weight is 1300 g/mol. The topological polar surface area (TPSA) is 116 Å². The molecule has 0 fully saturated rings. The molecule has 0 saturated carbocycles. The molecule has 0 aliphatic rings. The third-order valence-corrected chi connectivity index (χ3v) is 20.8. The Labute approximate surface area is 583 Å². The van der Waals surface area contributed by atoms with Gasteiger partial charge in [0.2, 0.25) is 0 Å². The largest absolute Gasteiger partial charge is 0.307 e. The van der Waals surface area contributed by atoms with Gasteiger partial charge in [0, 0.05) is 79.4 Å². The minimum atomic E-state index is 0.843. The predicted octanol–water partition coefficient (Wildman–Crippen LogP) is 23.2. The Morgan fingerprint density at radius 2 is 0.420 bits per heavy atom. The summed E-state index contributed by atoms with van der Waals surface area (Å²) < 4.78 is 0. The van der Waals surface area contributed by atoms with Crippen molar-refractivity contribution in [1.82, 2.24) is 39.9 Å². The molecule has 12 heteroatoms. The van der Waals surface area contributed by atoms with Gasteiger partial charge in [-0.05, 0) is 216 Å². The summed E-state index contributed by atoms with van der Waals surface area (Å²) in [6.07, 6.45) is 7.53. The van der Waals surface area contributed by atoms with Crippen LogP contribution >= 0.6 is 0 Å². The Kier molecular flexibility index (Phi) is 15.2. The predicted molar refractivity (Wildman–Crippen MR) is 417 cm³/mol. The zero-order valence-electron chi connectivity index (χ0n) is 59.7. The second kappa shape index (κ2) is 24.1. The number of aromatic nitrogens is 8. The number of pyridine rings is 8. The van der Waals surface area contributed by atoms with E-state index < -0.39 is 0 Å². The molecule has 0 saturated heterocycles. The van der Waals surface area contributed by atoms with Crippen LogP contribution in [0.3, 0.4) is 0 Å². The van der Waals surface area contributed by atoms with Crippen molar-refractivity contribution >= 4 is 145 Å². The fourth-order valence-corrected chi connectivity index (χ4v) is 16.6. The summed E-state index contributed by atoms with van der Waals surface area (Å²) in [7, 11) is 0. The van der Waals surface area contributed by atoms with Gasteiger partial charge < -0.3 is 19.6 Å². The molecule has 8 aromatic heterocycles. The number of rotatable bonds is 12. The number of anilines is 12. The quantitative estimate of drug-likeness (QED) is 0.108. The molecule has 0 N–H and O–H groups in total. The molecule has 0 spiro atoms. The molecule has 490 valence electrons. The van der Waals surface area contributed by atoms with Crippen LogP contribution < -0.4 is 19.6 Å². The molecular formula is C88H78N12. The van der Waals surface area contributed by atoms with E-state index in [1.165, 1.54) is 0 Å². The van der Waals surface area contributed by atoms with Gasteiger partial charge in [0.15, 0.2) is 0 Å². The summed E-state index contributed by atoms with van der Waals surface area (Å²) in [6, 6.07) is 57.2. The van der Waals surface area contributed by atoms with Crippen molar-refractivity contribution in [2.75, 3.05) is 19.6 Å². The van der Waals surface area contributed by atoms with Crippen molar-refractivity contribution in [2.45, 2.75) is 111 Å². The molecular weight excluding hydrogens is 1230 g/mol. The third-order valence-electron chi connectivity index (χ3n) is 20.8. The van der Waals surface area contributed by atoms with Crippen LogP contribution in [0.25, 0.3) is 76.5 Å². The van der Waals surface area contributed by atoms with E-state index in [9.17, 15) is 0 Å². The molecule has 0 radical (unpaired) electrons. The van der Waals surface area contributed by atoms with E-state index in [0.717, 1.165) is 234 Å². The Hall–Kier alpha value is -11.8. The van der Waals surface area contributed by atoms with Crippen molar-refractivity contribution in [3.8, 4) is 0 Å². The fraction of sp³-hybridized carbons (Fsp3) is 0.182. The number of benzene rings is 8. The van der Waals surface area contributed by atoms with Crippen LogP contribution in [0.15, 0.2) is 183 Å². The molecule has 8 aromatic carbocycles. The Bertz CT molecular complexity index is 5300. The van der Waals surface area contributed by atoms with Crippen molar-refractivity contribution in [3.05, 3.63) is 272 Å². The molecule has 0 atom stereocenters. The van der Waals surface area contributed by atoms with Gasteiger partial charge in [-0.25, -0.2) is 19.9 Å². The summed E-state index contributed by atoms with van der Waals surface area (Å²) >= 11 is 0. The van der Waals surface area contributed by atoms with Crippen molar-refractivity contribution in [3.63, 3.8) is 0 Å². The number of fused-ring (bicyclic) bond motifs is 4. The van der Waals surface area contributed by atoms with Gasteiger partial charge in [-0.2, -0.15) is 0 Å². The summed E-state index contributed by atoms with van der Waals surface area (Å²) in [6.45, 7) is 35.3. The summed E-state index contributed by atoms with van der Waals surface area (Å²) in [5.74, 6) is 0. The molecule has 16 aromatic rings. The van der Waals surface area contributed by atoms with E-state index in [0.29, 0.717) is 0 Å². The van der Waals surface area contributed by atoms with Gasteiger partial charge in [0.25, 0.3) is 0 Å². The molecule has 100 heavy (non-hydrogen) atoms. The van der Waals surface area contributed by atoms with Crippen LogP contribution in [0.1, 0.15) is 89.5 Å². The second-order valence-electron chi connectivity index (χ2n) is 27.4. The smallest absolute Gasteiger partial charge is 0.0936 e. The molecule has 0 aliphatic carbocycles. The van der Waals surface area contributed by atoms with E-state index >= 15 is 0 Å². The zero-order valence-corrected chi connectivity index (χ0v) is 59.7. The zero-order chi connectivity index (χ0) is 69.4. The second-order valence-corrected chi connectivity index (χ2v) is 27.4.